The molecule has 3 aromatic rings. The standard InChI is InChI=1S/C23H29N3O5S2/c1-16(2)19-6-5-7-20-21(19)24-23(32-20)25-22(27)17-8-10-18(11-9-17)33(28,29)26(12-14-30-3)13-15-31-4/h5-11,16H,12-15H2,1-4H3,(H,24,25,27). The summed E-state index contributed by atoms with van der Waals surface area (Å²) < 4.78 is 38.4. The Balaban J connectivity index is 1.77. The van der Waals surface area contributed by atoms with E-state index < -0.39 is 10.0 Å². The predicted octanol–water partition coefficient (Wildman–Crippen LogP) is 3.96. The van der Waals surface area contributed by atoms with Gasteiger partial charge in [0.1, 0.15) is 0 Å². The number of anilines is 1. The fourth-order valence-corrected chi connectivity index (χ4v) is 5.63. The molecule has 0 aliphatic carbocycles. The Bertz CT molecular complexity index is 1180. The Kier molecular flexibility index (Phi) is 8.55. The van der Waals surface area contributed by atoms with Crippen LogP contribution in [0.3, 0.4) is 0 Å². The van der Waals surface area contributed by atoms with Crippen molar-refractivity contribution in [2.24, 2.45) is 0 Å². The third-order valence-corrected chi connectivity index (χ3v) is 7.99. The molecule has 10 heteroatoms. The van der Waals surface area contributed by atoms with E-state index in [0.717, 1.165) is 15.8 Å². The lowest BCUT2D eigenvalue weighted by atomic mass is 10.0. The number of ether oxygens (including phenoxy) is 2. The molecule has 8 nitrogen and oxygen atoms in total. The van der Waals surface area contributed by atoms with Gasteiger partial charge in [-0.25, -0.2) is 13.4 Å². The molecule has 0 fully saturated rings. The number of carbonyl (C=O) groups excluding carboxylic acids is 1. The van der Waals surface area contributed by atoms with Crippen LogP contribution in [0.25, 0.3) is 10.2 Å². The lowest BCUT2D eigenvalue weighted by Crippen LogP contribution is -2.36. The number of nitrogens with zero attached hydrogens (tertiary/aromatic N) is 2. The molecule has 0 unspecified atom stereocenters. The van der Waals surface area contributed by atoms with E-state index >= 15 is 0 Å². The van der Waals surface area contributed by atoms with E-state index in [9.17, 15) is 13.2 Å². The van der Waals surface area contributed by atoms with Gasteiger partial charge in [-0.3, -0.25) is 10.1 Å². The minimum Gasteiger partial charge on any atom is -0.383 e. The van der Waals surface area contributed by atoms with E-state index in [4.69, 9.17) is 9.47 Å². The number of nitrogens with one attached hydrogen (secondary N) is 1. The monoisotopic (exact) mass is 491 g/mol. The van der Waals surface area contributed by atoms with Gasteiger partial charge in [-0.15, -0.1) is 0 Å². The van der Waals surface area contributed by atoms with E-state index in [1.54, 1.807) is 0 Å². The van der Waals surface area contributed by atoms with Crippen molar-refractivity contribution < 1.29 is 22.7 Å². The van der Waals surface area contributed by atoms with Crippen LogP contribution in [0, 0.1) is 0 Å². The topological polar surface area (TPSA) is 97.8 Å². The molecule has 1 aromatic heterocycles. The first-order valence-corrected chi connectivity index (χ1v) is 12.8. The van der Waals surface area contributed by atoms with Crippen molar-refractivity contribution in [1.82, 2.24) is 9.29 Å². The second-order valence-electron chi connectivity index (χ2n) is 7.74. The van der Waals surface area contributed by atoms with Crippen LogP contribution < -0.4 is 5.32 Å². The van der Waals surface area contributed by atoms with Crippen molar-refractivity contribution in [3.8, 4) is 0 Å². The van der Waals surface area contributed by atoms with Gasteiger partial charge in [-0.05, 0) is 41.8 Å². The van der Waals surface area contributed by atoms with E-state index in [0.29, 0.717) is 16.6 Å². The Morgan fingerprint density at radius 2 is 1.70 bits per heavy atom. The highest BCUT2D eigenvalue weighted by Gasteiger charge is 2.24. The number of rotatable bonds is 11. The number of carbonyl (C=O) groups is 1. The van der Waals surface area contributed by atoms with Crippen molar-refractivity contribution in [2.45, 2.75) is 24.7 Å². The number of fused-ring (bicyclic) bond motifs is 1. The summed E-state index contributed by atoms with van der Waals surface area (Å²) in [5.74, 6) is -0.0269. The highest BCUT2D eigenvalue weighted by atomic mass is 32.2. The quantitative estimate of drug-likeness (QED) is 0.436. The Hall–Kier alpha value is -2.37. The van der Waals surface area contributed by atoms with Crippen molar-refractivity contribution in [1.29, 1.82) is 0 Å². The molecular weight excluding hydrogens is 462 g/mol. The lowest BCUT2D eigenvalue weighted by molar-refractivity contribution is 0.102. The van der Waals surface area contributed by atoms with Gasteiger partial charge in [0.25, 0.3) is 5.91 Å². The van der Waals surface area contributed by atoms with Gasteiger partial charge in [0, 0.05) is 32.9 Å². The molecule has 2 aromatic carbocycles. The summed E-state index contributed by atoms with van der Waals surface area (Å²) in [7, 11) is -0.711. The van der Waals surface area contributed by atoms with Gasteiger partial charge in [0.15, 0.2) is 5.13 Å². The van der Waals surface area contributed by atoms with Crippen LogP contribution in [0.5, 0.6) is 0 Å². The number of thiazole rings is 1. The molecule has 0 saturated carbocycles. The van der Waals surface area contributed by atoms with Crippen molar-refractivity contribution in [3.05, 3.63) is 53.6 Å². The molecule has 1 N–H and O–H groups in total. The molecule has 178 valence electrons. The van der Waals surface area contributed by atoms with Gasteiger partial charge in [0.2, 0.25) is 10.0 Å². The van der Waals surface area contributed by atoms with Gasteiger partial charge in [-0.1, -0.05) is 37.3 Å². The first kappa shape index (κ1) is 25.3. The van der Waals surface area contributed by atoms with Crippen molar-refractivity contribution >= 4 is 42.6 Å². The molecular formula is C23H29N3O5S2. The molecule has 0 bridgehead atoms. The van der Waals surface area contributed by atoms with Crippen LogP contribution in [0.4, 0.5) is 5.13 Å². The van der Waals surface area contributed by atoms with Crippen LogP contribution in [0.15, 0.2) is 47.4 Å². The maximum atomic E-state index is 13.0. The van der Waals surface area contributed by atoms with Crippen LogP contribution in [-0.2, 0) is 19.5 Å². The molecule has 0 spiro atoms. The largest absolute Gasteiger partial charge is 0.383 e. The van der Waals surface area contributed by atoms with Gasteiger partial charge < -0.3 is 9.47 Å². The Morgan fingerprint density at radius 1 is 1.06 bits per heavy atom. The van der Waals surface area contributed by atoms with E-state index in [1.807, 2.05) is 18.2 Å². The van der Waals surface area contributed by atoms with Gasteiger partial charge >= 0.3 is 0 Å². The number of hydrogen-bond donors (Lipinski definition) is 1. The zero-order valence-electron chi connectivity index (χ0n) is 19.2. The average molecular weight is 492 g/mol. The molecule has 0 atom stereocenters. The predicted molar refractivity (Wildman–Crippen MR) is 131 cm³/mol. The van der Waals surface area contributed by atoms with Crippen LogP contribution in [-0.4, -0.2) is 64.1 Å². The second kappa shape index (κ2) is 11.2. The first-order valence-electron chi connectivity index (χ1n) is 10.6. The zero-order chi connectivity index (χ0) is 24.0. The highest BCUT2D eigenvalue weighted by molar-refractivity contribution is 7.89. The molecule has 1 heterocycles. The summed E-state index contributed by atoms with van der Waals surface area (Å²) in [6.07, 6.45) is 0. The van der Waals surface area contributed by atoms with Crippen LogP contribution in [0.2, 0.25) is 0 Å². The van der Waals surface area contributed by atoms with E-state index in [1.165, 1.54) is 54.1 Å². The van der Waals surface area contributed by atoms with E-state index in [2.05, 4.69) is 24.1 Å². The average Bonchev–Trinajstić information content (AvgIpc) is 3.21. The van der Waals surface area contributed by atoms with Gasteiger partial charge in [-0.2, -0.15) is 4.31 Å². The maximum Gasteiger partial charge on any atom is 0.257 e. The smallest absolute Gasteiger partial charge is 0.257 e. The van der Waals surface area contributed by atoms with Gasteiger partial charge in [0.05, 0.1) is 28.3 Å². The highest BCUT2D eigenvalue weighted by Crippen LogP contribution is 2.31. The lowest BCUT2D eigenvalue weighted by Gasteiger charge is -2.21. The summed E-state index contributed by atoms with van der Waals surface area (Å²) in [5.41, 5.74) is 2.37. The number of methoxy groups -OCH3 is 2. The van der Waals surface area contributed by atoms with Crippen molar-refractivity contribution in [3.63, 3.8) is 0 Å². The number of hydrogen-bond acceptors (Lipinski definition) is 7. The van der Waals surface area contributed by atoms with Crippen molar-refractivity contribution in [2.75, 3.05) is 45.8 Å². The van der Waals surface area contributed by atoms with E-state index in [-0.39, 0.29) is 37.1 Å². The first-order chi connectivity index (χ1) is 15.8. The molecule has 0 aliphatic rings. The number of sulfonamides is 1. The fourth-order valence-electron chi connectivity index (χ4n) is 3.32. The van der Waals surface area contributed by atoms with Crippen LogP contribution >= 0.6 is 11.3 Å². The zero-order valence-corrected chi connectivity index (χ0v) is 20.8. The molecule has 1 amide bonds. The number of aromatic nitrogens is 1. The molecule has 3 rings (SSSR count). The van der Waals surface area contributed by atoms with Crippen LogP contribution in [0.1, 0.15) is 35.7 Å². The normalized spacial score (nSPS) is 12.1. The number of benzene rings is 2. The summed E-state index contributed by atoms with van der Waals surface area (Å²) >= 11 is 1.41. The summed E-state index contributed by atoms with van der Waals surface area (Å²) in [6, 6.07) is 11.9. The summed E-state index contributed by atoms with van der Waals surface area (Å²) in [6.45, 7) is 5.16. The Labute approximate surface area is 198 Å². The number of amides is 1. The summed E-state index contributed by atoms with van der Waals surface area (Å²) in [5, 5.41) is 3.33. The molecule has 0 saturated heterocycles. The molecule has 0 aliphatic heterocycles. The minimum atomic E-state index is -3.75. The fraction of sp³-hybridized carbons (Fsp3) is 0.391. The second-order valence-corrected chi connectivity index (χ2v) is 10.7. The number of para-hydroxylation sites is 1. The Morgan fingerprint density at radius 3 is 2.27 bits per heavy atom. The molecule has 33 heavy (non-hydrogen) atoms. The molecule has 0 radical (unpaired) electrons. The third-order valence-electron chi connectivity index (χ3n) is 5.14. The SMILES string of the molecule is COCCN(CCOC)S(=O)(=O)c1ccc(C(=O)Nc2nc3c(C(C)C)cccc3s2)cc1. The summed E-state index contributed by atoms with van der Waals surface area (Å²) in [4.78, 5) is 17.5. The maximum absolute atomic E-state index is 13.0. The third kappa shape index (κ3) is 5.96. The minimum absolute atomic E-state index is 0.104.